The molecule has 0 aliphatic heterocycles. The number of rotatable bonds is 10. The summed E-state index contributed by atoms with van der Waals surface area (Å²) in [6.45, 7) is 1.99. The van der Waals surface area contributed by atoms with E-state index in [1.165, 1.54) is 4.31 Å². The number of halogens is 1. The Balaban J connectivity index is 1.79. The first kappa shape index (κ1) is 27.0. The molecule has 0 heterocycles. The van der Waals surface area contributed by atoms with Crippen LogP contribution in [0.15, 0.2) is 71.8 Å². The fourth-order valence-electron chi connectivity index (χ4n) is 3.51. The zero-order valence-electron chi connectivity index (χ0n) is 20.5. The number of hydrazone groups is 1. The summed E-state index contributed by atoms with van der Waals surface area (Å²) in [5.41, 5.74) is 5.42. The first-order chi connectivity index (χ1) is 17.2. The van der Waals surface area contributed by atoms with Gasteiger partial charge in [0.1, 0.15) is 0 Å². The summed E-state index contributed by atoms with van der Waals surface area (Å²) in [7, 11) is -0.489. The van der Waals surface area contributed by atoms with Crippen molar-refractivity contribution in [2.45, 2.75) is 19.9 Å². The molecule has 0 aliphatic rings. The maximum absolute atomic E-state index is 12.7. The van der Waals surface area contributed by atoms with Gasteiger partial charge in [-0.05, 0) is 60.5 Å². The molecule has 0 aromatic heterocycles. The number of methoxy groups -OCH3 is 2. The second-order valence-corrected chi connectivity index (χ2v) is 10.1. The third-order valence-electron chi connectivity index (χ3n) is 5.43. The van der Waals surface area contributed by atoms with Crippen LogP contribution in [0.1, 0.15) is 34.8 Å². The number of hydrogen-bond donors (Lipinski definition) is 1. The molecule has 3 rings (SSSR count). The molecule has 0 fully saturated rings. The molecule has 0 spiro atoms. The molecule has 36 heavy (non-hydrogen) atoms. The normalized spacial score (nSPS) is 11.6. The van der Waals surface area contributed by atoms with E-state index in [2.05, 4.69) is 10.5 Å². The van der Waals surface area contributed by atoms with Crippen molar-refractivity contribution >= 4 is 38.9 Å². The number of sulfonamides is 1. The first-order valence-corrected chi connectivity index (χ1v) is 13.3. The van der Waals surface area contributed by atoms with Crippen molar-refractivity contribution in [2.75, 3.05) is 24.8 Å². The summed E-state index contributed by atoms with van der Waals surface area (Å²) in [5.74, 6) is 0.730. The molecule has 1 amide bonds. The van der Waals surface area contributed by atoms with Crippen molar-refractivity contribution in [2.24, 2.45) is 5.10 Å². The van der Waals surface area contributed by atoms with Crippen molar-refractivity contribution in [3.63, 3.8) is 0 Å². The number of amides is 1. The van der Waals surface area contributed by atoms with E-state index in [4.69, 9.17) is 21.1 Å². The Hall–Kier alpha value is -3.56. The van der Waals surface area contributed by atoms with Crippen LogP contribution in [0.2, 0.25) is 5.02 Å². The standard InChI is InChI=1S/C26H28ClN3O5S/c1-5-23(19-12-15-24(34-2)25(16-19)35-3)28-29-26(31)18-10-13-21(14-11-18)30(36(4,32)33)17-20-8-6-7-9-22(20)27/h6-16H,5,17H2,1-4H3,(H,29,31)/b28-23-. The number of ether oxygens (including phenoxy) is 2. The van der Waals surface area contributed by atoms with E-state index in [1.807, 2.05) is 13.0 Å². The van der Waals surface area contributed by atoms with Crippen molar-refractivity contribution in [3.05, 3.63) is 88.4 Å². The average molecular weight is 530 g/mol. The van der Waals surface area contributed by atoms with Gasteiger partial charge in [-0.1, -0.05) is 36.7 Å². The van der Waals surface area contributed by atoms with Crippen LogP contribution in [-0.2, 0) is 16.6 Å². The van der Waals surface area contributed by atoms with E-state index >= 15 is 0 Å². The minimum absolute atomic E-state index is 0.0690. The van der Waals surface area contributed by atoms with Crippen LogP contribution >= 0.6 is 11.6 Å². The van der Waals surface area contributed by atoms with E-state index in [0.29, 0.717) is 45.5 Å². The Bertz CT molecular complexity index is 1360. The van der Waals surface area contributed by atoms with E-state index in [0.717, 1.165) is 11.8 Å². The highest BCUT2D eigenvalue weighted by Crippen LogP contribution is 2.28. The van der Waals surface area contributed by atoms with Gasteiger partial charge in [0.05, 0.1) is 38.4 Å². The minimum atomic E-state index is -3.60. The lowest BCUT2D eigenvalue weighted by atomic mass is 10.1. The van der Waals surface area contributed by atoms with E-state index < -0.39 is 15.9 Å². The Kier molecular flexibility index (Phi) is 8.95. The number of nitrogens with one attached hydrogen (secondary N) is 1. The highest BCUT2D eigenvalue weighted by atomic mass is 35.5. The topological polar surface area (TPSA) is 97.3 Å². The van der Waals surface area contributed by atoms with E-state index in [-0.39, 0.29) is 6.54 Å². The number of hydrogen-bond acceptors (Lipinski definition) is 6. The van der Waals surface area contributed by atoms with Gasteiger partial charge in [-0.3, -0.25) is 9.10 Å². The molecule has 3 aromatic rings. The Morgan fingerprint density at radius 1 is 0.972 bits per heavy atom. The van der Waals surface area contributed by atoms with Crippen molar-refractivity contribution in [3.8, 4) is 11.5 Å². The smallest absolute Gasteiger partial charge is 0.271 e. The quantitative estimate of drug-likeness (QED) is 0.298. The maximum Gasteiger partial charge on any atom is 0.271 e. The lowest BCUT2D eigenvalue weighted by Crippen LogP contribution is -2.29. The van der Waals surface area contributed by atoms with Gasteiger partial charge in [-0.15, -0.1) is 0 Å². The summed E-state index contributed by atoms with van der Waals surface area (Å²) in [6.07, 6.45) is 1.69. The van der Waals surface area contributed by atoms with Crippen LogP contribution in [0, 0.1) is 0 Å². The van der Waals surface area contributed by atoms with Gasteiger partial charge in [-0.2, -0.15) is 5.10 Å². The SMILES string of the molecule is CC/C(=N/NC(=O)c1ccc(N(Cc2ccccc2Cl)S(C)(=O)=O)cc1)c1ccc(OC)c(OC)c1. The Morgan fingerprint density at radius 3 is 2.19 bits per heavy atom. The summed E-state index contributed by atoms with van der Waals surface area (Å²) in [5, 5.41) is 4.76. The molecular formula is C26H28ClN3O5S. The molecule has 10 heteroatoms. The zero-order chi connectivity index (χ0) is 26.3. The molecule has 0 bridgehead atoms. The van der Waals surface area contributed by atoms with Crippen LogP contribution in [0.5, 0.6) is 11.5 Å². The lowest BCUT2D eigenvalue weighted by Gasteiger charge is -2.23. The third kappa shape index (κ3) is 6.56. The highest BCUT2D eigenvalue weighted by molar-refractivity contribution is 7.92. The van der Waals surface area contributed by atoms with Crippen LogP contribution in [0.4, 0.5) is 5.69 Å². The monoisotopic (exact) mass is 529 g/mol. The molecule has 0 atom stereocenters. The predicted octanol–water partition coefficient (Wildman–Crippen LogP) is 4.87. The van der Waals surface area contributed by atoms with Crippen molar-refractivity contribution < 1.29 is 22.7 Å². The number of benzene rings is 3. The largest absolute Gasteiger partial charge is 0.493 e. The summed E-state index contributed by atoms with van der Waals surface area (Å²) in [6, 6.07) is 18.7. The summed E-state index contributed by atoms with van der Waals surface area (Å²) < 4.78 is 36.8. The Labute approximate surface area is 216 Å². The van der Waals surface area contributed by atoms with E-state index in [9.17, 15) is 13.2 Å². The van der Waals surface area contributed by atoms with Crippen LogP contribution in [0.3, 0.4) is 0 Å². The van der Waals surface area contributed by atoms with Crippen LogP contribution < -0.4 is 19.2 Å². The number of carbonyl (C=O) groups excluding carboxylic acids is 1. The fourth-order valence-corrected chi connectivity index (χ4v) is 4.58. The third-order valence-corrected chi connectivity index (χ3v) is 6.94. The van der Waals surface area contributed by atoms with Gasteiger partial charge in [0.25, 0.3) is 5.91 Å². The van der Waals surface area contributed by atoms with Crippen molar-refractivity contribution in [1.82, 2.24) is 5.43 Å². The Morgan fingerprint density at radius 2 is 1.61 bits per heavy atom. The van der Waals surface area contributed by atoms with Crippen LogP contribution in [-0.4, -0.2) is 40.5 Å². The summed E-state index contributed by atoms with van der Waals surface area (Å²) in [4.78, 5) is 12.7. The highest BCUT2D eigenvalue weighted by Gasteiger charge is 2.19. The second-order valence-electron chi connectivity index (χ2n) is 7.83. The number of nitrogens with zero attached hydrogens (tertiary/aromatic N) is 2. The van der Waals surface area contributed by atoms with Gasteiger partial charge in [-0.25, -0.2) is 13.8 Å². The number of carbonyl (C=O) groups is 1. The second kappa shape index (κ2) is 11.9. The molecule has 0 aliphatic carbocycles. The molecule has 0 radical (unpaired) electrons. The van der Waals surface area contributed by atoms with Crippen molar-refractivity contribution in [1.29, 1.82) is 0 Å². The van der Waals surface area contributed by atoms with Gasteiger partial charge in [0, 0.05) is 16.1 Å². The minimum Gasteiger partial charge on any atom is -0.493 e. The maximum atomic E-state index is 12.7. The van der Waals surface area contributed by atoms with Crippen LogP contribution in [0.25, 0.3) is 0 Å². The molecule has 1 N–H and O–H groups in total. The van der Waals surface area contributed by atoms with E-state index in [1.54, 1.807) is 74.9 Å². The van der Waals surface area contributed by atoms with Gasteiger partial charge < -0.3 is 9.47 Å². The van der Waals surface area contributed by atoms with Gasteiger partial charge in [0.2, 0.25) is 10.0 Å². The van der Waals surface area contributed by atoms with Gasteiger partial charge in [0.15, 0.2) is 11.5 Å². The number of anilines is 1. The molecule has 0 unspecified atom stereocenters. The molecule has 3 aromatic carbocycles. The average Bonchev–Trinajstić information content (AvgIpc) is 2.87. The van der Waals surface area contributed by atoms with Gasteiger partial charge >= 0.3 is 0 Å². The zero-order valence-corrected chi connectivity index (χ0v) is 22.1. The molecule has 0 saturated heterocycles. The lowest BCUT2D eigenvalue weighted by molar-refractivity contribution is 0.0955. The molecule has 190 valence electrons. The molecular weight excluding hydrogens is 502 g/mol. The molecule has 8 nitrogen and oxygen atoms in total. The molecule has 0 saturated carbocycles. The predicted molar refractivity (Wildman–Crippen MR) is 143 cm³/mol. The fraction of sp³-hybridized carbons (Fsp3) is 0.231. The summed E-state index contributed by atoms with van der Waals surface area (Å²) >= 11 is 6.22. The first-order valence-electron chi connectivity index (χ1n) is 11.1.